The Morgan fingerprint density at radius 2 is 2.05 bits per heavy atom. The molecule has 0 aliphatic carbocycles. The predicted molar refractivity (Wildman–Crippen MR) is 85.0 cm³/mol. The molecule has 120 valence electrons. The molecule has 1 aromatic rings. The highest BCUT2D eigenvalue weighted by Gasteiger charge is 2.28. The van der Waals surface area contributed by atoms with E-state index in [2.05, 4.69) is 5.73 Å². The summed E-state index contributed by atoms with van der Waals surface area (Å²) in [7, 11) is 1.50. The molecule has 0 bridgehead atoms. The third kappa shape index (κ3) is 5.46. The van der Waals surface area contributed by atoms with Crippen molar-refractivity contribution in [1.82, 2.24) is 0 Å². The molecule has 1 heterocycles. The summed E-state index contributed by atoms with van der Waals surface area (Å²) in [6.45, 7) is 8.35. The van der Waals surface area contributed by atoms with Crippen LogP contribution in [0.1, 0.15) is 39.7 Å². The summed E-state index contributed by atoms with van der Waals surface area (Å²) < 4.78 is 18.6. The number of benzene rings is 1. The average molecular weight is 297 g/mol. The Labute approximate surface area is 127 Å². The maximum absolute atomic E-state index is 13.1. The zero-order valence-electron chi connectivity index (χ0n) is 13.8. The molecule has 21 heavy (non-hydrogen) atoms. The Bertz CT molecular complexity index is 435. The minimum absolute atomic E-state index is 0.0544. The summed E-state index contributed by atoms with van der Waals surface area (Å²) in [6, 6.07) is 4.48. The Balaban J connectivity index is 0.000000921. The molecule has 2 N–H and O–H groups in total. The quantitative estimate of drug-likeness (QED) is 0.927. The number of fused-ring (bicyclic) bond motifs is 1. The lowest BCUT2D eigenvalue weighted by molar-refractivity contribution is -0.127. The van der Waals surface area contributed by atoms with Gasteiger partial charge in [-0.3, -0.25) is 4.79 Å². The first-order chi connectivity index (χ1) is 10.1. The number of carbonyl (C=O) groups excluding carboxylic acids is 1. The third-order valence-corrected chi connectivity index (χ3v) is 3.43. The molecule has 4 heteroatoms. The van der Waals surface area contributed by atoms with Gasteiger partial charge in [0.1, 0.15) is 17.3 Å². The molecule has 0 aromatic heterocycles. The largest absolute Gasteiger partial charge is 0.493 e. The van der Waals surface area contributed by atoms with Crippen molar-refractivity contribution < 1.29 is 13.9 Å². The van der Waals surface area contributed by atoms with Gasteiger partial charge < -0.3 is 10.5 Å². The van der Waals surface area contributed by atoms with Crippen LogP contribution >= 0.6 is 0 Å². The number of ketones is 1. The van der Waals surface area contributed by atoms with Gasteiger partial charge in [0, 0.05) is 5.92 Å². The summed E-state index contributed by atoms with van der Waals surface area (Å²) in [6.07, 6.45) is 1.43. The van der Waals surface area contributed by atoms with E-state index >= 15 is 0 Å². The van der Waals surface area contributed by atoms with E-state index in [4.69, 9.17) is 4.74 Å². The standard InChI is InChI=1S/C14H17FO2.C2H6.CH5N/c1-3-9(2)14(16)11-6-10-7-12(15)4-5-13(10)17-8-11;2*1-2/h4-5,7,9,11H,3,6,8H2,1-2H3;1-2H3;2H2,1H3. The van der Waals surface area contributed by atoms with Crippen LogP contribution in [-0.4, -0.2) is 19.4 Å². The number of carbonyl (C=O) groups is 1. The van der Waals surface area contributed by atoms with Gasteiger partial charge in [-0.15, -0.1) is 0 Å². The highest BCUT2D eigenvalue weighted by Crippen LogP contribution is 2.29. The average Bonchev–Trinajstić information content (AvgIpc) is 2.56. The maximum atomic E-state index is 13.1. The van der Waals surface area contributed by atoms with E-state index in [1.54, 1.807) is 6.07 Å². The van der Waals surface area contributed by atoms with E-state index in [0.29, 0.717) is 18.8 Å². The zero-order chi connectivity index (χ0) is 16.4. The van der Waals surface area contributed by atoms with Crippen LogP contribution in [0.5, 0.6) is 5.75 Å². The highest BCUT2D eigenvalue weighted by atomic mass is 19.1. The summed E-state index contributed by atoms with van der Waals surface area (Å²) in [4.78, 5) is 12.1. The maximum Gasteiger partial charge on any atom is 0.142 e. The van der Waals surface area contributed by atoms with Gasteiger partial charge >= 0.3 is 0 Å². The Morgan fingerprint density at radius 1 is 1.43 bits per heavy atom. The van der Waals surface area contributed by atoms with Crippen LogP contribution in [0.15, 0.2) is 18.2 Å². The number of Topliss-reactive ketones (excluding diaryl/α,β-unsaturated/α-hetero) is 1. The molecule has 3 nitrogen and oxygen atoms in total. The first-order valence-corrected chi connectivity index (χ1v) is 7.64. The van der Waals surface area contributed by atoms with Gasteiger partial charge in [0.05, 0.1) is 12.5 Å². The lowest BCUT2D eigenvalue weighted by Gasteiger charge is -2.26. The molecule has 2 unspecified atom stereocenters. The number of ether oxygens (including phenoxy) is 1. The fourth-order valence-corrected chi connectivity index (χ4v) is 2.15. The number of hydrogen-bond acceptors (Lipinski definition) is 3. The monoisotopic (exact) mass is 297 g/mol. The van der Waals surface area contributed by atoms with E-state index in [9.17, 15) is 9.18 Å². The first kappa shape index (κ1) is 19.6. The van der Waals surface area contributed by atoms with Gasteiger partial charge in [-0.05, 0) is 43.7 Å². The molecule has 0 spiro atoms. The minimum atomic E-state index is -0.274. The normalized spacial score (nSPS) is 17.0. The molecule has 1 aliphatic rings. The molecule has 2 atom stereocenters. The van der Waals surface area contributed by atoms with Crippen LogP contribution in [0, 0.1) is 17.7 Å². The molecule has 0 saturated carbocycles. The Kier molecular flexibility index (Phi) is 9.63. The fourth-order valence-electron chi connectivity index (χ4n) is 2.15. The van der Waals surface area contributed by atoms with Crippen molar-refractivity contribution in [3.8, 4) is 5.75 Å². The number of rotatable bonds is 3. The number of hydrogen-bond donors (Lipinski definition) is 1. The van der Waals surface area contributed by atoms with E-state index in [0.717, 1.165) is 12.0 Å². The van der Waals surface area contributed by atoms with Crippen molar-refractivity contribution in [2.24, 2.45) is 17.6 Å². The van der Waals surface area contributed by atoms with Crippen molar-refractivity contribution in [3.05, 3.63) is 29.6 Å². The molecular weight excluding hydrogens is 269 g/mol. The second kappa shape index (κ2) is 10.3. The van der Waals surface area contributed by atoms with E-state index in [1.165, 1.54) is 19.2 Å². The second-order valence-electron chi connectivity index (χ2n) is 4.68. The number of nitrogens with two attached hydrogens (primary N) is 1. The summed E-state index contributed by atoms with van der Waals surface area (Å²) in [5, 5.41) is 0. The van der Waals surface area contributed by atoms with Gasteiger partial charge in [0.2, 0.25) is 0 Å². The van der Waals surface area contributed by atoms with Crippen LogP contribution in [-0.2, 0) is 11.2 Å². The van der Waals surface area contributed by atoms with Gasteiger partial charge in [-0.1, -0.05) is 27.7 Å². The van der Waals surface area contributed by atoms with Gasteiger partial charge in [-0.2, -0.15) is 0 Å². The Morgan fingerprint density at radius 3 is 2.62 bits per heavy atom. The fraction of sp³-hybridized carbons (Fsp3) is 0.588. The van der Waals surface area contributed by atoms with Crippen molar-refractivity contribution >= 4 is 5.78 Å². The minimum Gasteiger partial charge on any atom is -0.493 e. The van der Waals surface area contributed by atoms with Crippen molar-refractivity contribution in [2.45, 2.75) is 40.5 Å². The molecule has 0 saturated heterocycles. The summed E-state index contributed by atoms with van der Waals surface area (Å²) in [5.41, 5.74) is 5.30. The zero-order valence-corrected chi connectivity index (χ0v) is 13.8. The highest BCUT2D eigenvalue weighted by molar-refractivity contribution is 5.83. The van der Waals surface area contributed by atoms with E-state index in [-0.39, 0.29) is 23.4 Å². The third-order valence-electron chi connectivity index (χ3n) is 3.43. The molecule has 1 aliphatic heterocycles. The van der Waals surface area contributed by atoms with Crippen LogP contribution in [0.3, 0.4) is 0 Å². The van der Waals surface area contributed by atoms with Gasteiger partial charge in [0.15, 0.2) is 0 Å². The SMILES string of the molecule is CC.CCC(C)C(=O)C1COc2ccc(F)cc2C1.CN. The summed E-state index contributed by atoms with van der Waals surface area (Å²) >= 11 is 0. The van der Waals surface area contributed by atoms with Gasteiger partial charge in [-0.25, -0.2) is 4.39 Å². The van der Waals surface area contributed by atoms with Crippen molar-refractivity contribution in [3.63, 3.8) is 0 Å². The van der Waals surface area contributed by atoms with Gasteiger partial charge in [0.25, 0.3) is 0 Å². The van der Waals surface area contributed by atoms with Crippen LogP contribution in [0.4, 0.5) is 4.39 Å². The molecule has 0 radical (unpaired) electrons. The smallest absolute Gasteiger partial charge is 0.142 e. The lowest BCUT2D eigenvalue weighted by atomic mass is 9.86. The topological polar surface area (TPSA) is 52.3 Å². The summed E-state index contributed by atoms with van der Waals surface area (Å²) in [5.74, 6) is 0.587. The van der Waals surface area contributed by atoms with Crippen molar-refractivity contribution in [2.75, 3.05) is 13.7 Å². The first-order valence-electron chi connectivity index (χ1n) is 7.64. The Hall–Kier alpha value is -1.42. The lowest BCUT2D eigenvalue weighted by Crippen LogP contribution is -2.31. The molecule has 2 rings (SSSR count). The van der Waals surface area contributed by atoms with E-state index < -0.39 is 0 Å². The van der Waals surface area contributed by atoms with E-state index in [1.807, 2.05) is 27.7 Å². The number of halogens is 1. The van der Waals surface area contributed by atoms with Crippen LogP contribution in [0.25, 0.3) is 0 Å². The molecule has 0 fully saturated rings. The van der Waals surface area contributed by atoms with Crippen LogP contribution < -0.4 is 10.5 Å². The molecular formula is C17H28FNO2. The predicted octanol–water partition coefficient (Wildman–Crippen LogP) is 3.59. The molecule has 1 aromatic carbocycles. The van der Waals surface area contributed by atoms with Crippen LogP contribution in [0.2, 0.25) is 0 Å². The molecule has 0 amide bonds. The second-order valence-corrected chi connectivity index (χ2v) is 4.68. The van der Waals surface area contributed by atoms with Crippen molar-refractivity contribution in [1.29, 1.82) is 0 Å².